The molecular weight excluding hydrogens is 258 g/mol. The number of halogens is 1. The molecule has 2 aliphatic carbocycles. The number of ether oxygens (including phenoxy) is 1. The van der Waals surface area contributed by atoms with Gasteiger partial charge in [0, 0.05) is 17.8 Å². The fourth-order valence-corrected chi connectivity index (χ4v) is 2.71. The average Bonchev–Trinajstić information content (AvgIpc) is 2.85. The quantitative estimate of drug-likeness (QED) is 0.590. The molecule has 0 aliphatic heterocycles. The number of amides is 1. The van der Waals surface area contributed by atoms with Gasteiger partial charge in [-0.15, -0.1) is 0 Å². The summed E-state index contributed by atoms with van der Waals surface area (Å²) in [5.74, 6) is 2.30. The van der Waals surface area contributed by atoms with Gasteiger partial charge in [-0.3, -0.25) is 4.79 Å². The summed E-state index contributed by atoms with van der Waals surface area (Å²) < 4.78 is 5.26. The van der Waals surface area contributed by atoms with Crippen molar-refractivity contribution in [3.63, 3.8) is 0 Å². The van der Waals surface area contributed by atoms with E-state index in [1.807, 2.05) is 0 Å². The molecule has 2 atom stereocenters. The molecule has 3 nitrogen and oxygen atoms in total. The molecule has 2 aliphatic rings. The van der Waals surface area contributed by atoms with E-state index in [1.54, 1.807) is 0 Å². The first-order chi connectivity index (χ1) is 7.31. The van der Waals surface area contributed by atoms with Crippen LogP contribution in [0.25, 0.3) is 0 Å². The summed E-state index contributed by atoms with van der Waals surface area (Å²) in [7, 11) is 0. The summed E-state index contributed by atoms with van der Waals surface area (Å²) in [6.07, 6.45) is 3.62. The van der Waals surface area contributed by atoms with Gasteiger partial charge in [0.25, 0.3) is 0 Å². The van der Waals surface area contributed by atoms with Crippen molar-refractivity contribution in [3.05, 3.63) is 0 Å². The predicted molar refractivity (Wildman–Crippen MR) is 61.9 cm³/mol. The molecule has 0 radical (unpaired) electrons. The Morgan fingerprint density at radius 2 is 2.00 bits per heavy atom. The molecule has 4 heteroatoms. The minimum atomic E-state index is 0.240. The standard InChI is InChI=1S/C11H18BrNO2/c12-1-3-15-4-2-13-11(14)10-6-8-5-9(8)7-10/h8-10H,1-7H2,(H,13,14). The lowest BCUT2D eigenvalue weighted by molar-refractivity contribution is -0.125. The molecule has 86 valence electrons. The van der Waals surface area contributed by atoms with Crippen LogP contribution in [-0.4, -0.2) is 31.0 Å². The molecule has 0 spiro atoms. The molecule has 2 unspecified atom stereocenters. The Morgan fingerprint density at radius 3 is 2.67 bits per heavy atom. The van der Waals surface area contributed by atoms with E-state index in [4.69, 9.17) is 4.74 Å². The van der Waals surface area contributed by atoms with Crippen molar-refractivity contribution in [2.45, 2.75) is 19.3 Å². The molecule has 15 heavy (non-hydrogen) atoms. The summed E-state index contributed by atoms with van der Waals surface area (Å²) >= 11 is 3.28. The molecular formula is C11H18BrNO2. The monoisotopic (exact) mass is 275 g/mol. The highest BCUT2D eigenvalue weighted by Crippen LogP contribution is 2.54. The van der Waals surface area contributed by atoms with Crippen LogP contribution in [0.15, 0.2) is 0 Å². The molecule has 0 aromatic rings. The summed E-state index contributed by atoms with van der Waals surface area (Å²) in [5.41, 5.74) is 0. The third-order valence-corrected chi connectivity index (χ3v) is 3.71. The lowest BCUT2D eigenvalue weighted by atomic mass is 10.0. The second kappa shape index (κ2) is 5.30. The molecule has 0 aromatic heterocycles. The van der Waals surface area contributed by atoms with Gasteiger partial charge in [-0.05, 0) is 31.1 Å². The molecule has 1 N–H and O–H groups in total. The van der Waals surface area contributed by atoms with Gasteiger partial charge >= 0.3 is 0 Å². The van der Waals surface area contributed by atoms with E-state index in [9.17, 15) is 4.79 Å². The van der Waals surface area contributed by atoms with Crippen molar-refractivity contribution in [2.75, 3.05) is 25.1 Å². The van der Waals surface area contributed by atoms with Crippen LogP contribution in [0.5, 0.6) is 0 Å². The van der Waals surface area contributed by atoms with Gasteiger partial charge in [0.05, 0.1) is 13.2 Å². The number of fused-ring (bicyclic) bond motifs is 1. The van der Waals surface area contributed by atoms with E-state index in [2.05, 4.69) is 21.2 Å². The number of carbonyl (C=O) groups excluding carboxylic acids is 1. The zero-order valence-electron chi connectivity index (χ0n) is 8.88. The minimum absolute atomic E-state index is 0.240. The highest BCUT2D eigenvalue weighted by molar-refractivity contribution is 9.09. The molecule has 2 fully saturated rings. The third kappa shape index (κ3) is 3.18. The Labute approximate surface area is 99.1 Å². The van der Waals surface area contributed by atoms with E-state index in [0.717, 1.165) is 30.0 Å². The molecule has 0 aromatic carbocycles. The van der Waals surface area contributed by atoms with E-state index in [-0.39, 0.29) is 5.91 Å². The van der Waals surface area contributed by atoms with E-state index in [0.29, 0.717) is 25.7 Å². The van der Waals surface area contributed by atoms with Gasteiger partial charge in [0.2, 0.25) is 5.91 Å². The first kappa shape index (κ1) is 11.4. The van der Waals surface area contributed by atoms with Crippen LogP contribution in [0, 0.1) is 17.8 Å². The summed E-state index contributed by atoms with van der Waals surface area (Å²) in [6.45, 7) is 1.98. The largest absolute Gasteiger partial charge is 0.379 e. The number of nitrogens with one attached hydrogen (secondary N) is 1. The van der Waals surface area contributed by atoms with Gasteiger partial charge in [0.1, 0.15) is 0 Å². The van der Waals surface area contributed by atoms with E-state index >= 15 is 0 Å². The molecule has 1 amide bonds. The highest BCUT2D eigenvalue weighted by atomic mass is 79.9. The maximum absolute atomic E-state index is 11.7. The Kier molecular flexibility index (Phi) is 4.03. The molecule has 0 saturated heterocycles. The van der Waals surface area contributed by atoms with Crippen molar-refractivity contribution in [1.29, 1.82) is 0 Å². The van der Waals surface area contributed by atoms with Crippen molar-refractivity contribution >= 4 is 21.8 Å². The van der Waals surface area contributed by atoms with Crippen molar-refractivity contribution in [1.82, 2.24) is 5.32 Å². The first-order valence-electron chi connectivity index (χ1n) is 5.72. The van der Waals surface area contributed by atoms with Crippen LogP contribution in [0.3, 0.4) is 0 Å². The smallest absolute Gasteiger partial charge is 0.223 e. The topological polar surface area (TPSA) is 38.3 Å². The Hall–Kier alpha value is -0.0900. The minimum Gasteiger partial charge on any atom is -0.379 e. The number of hydrogen-bond donors (Lipinski definition) is 1. The fourth-order valence-electron chi connectivity index (χ4n) is 2.48. The van der Waals surface area contributed by atoms with Gasteiger partial charge in [-0.2, -0.15) is 0 Å². The maximum atomic E-state index is 11.7. The molecule has 0 bridgehead atoms. The lowest BCUT2D eigenvalue weighted by Gasteiger charge is -2.12. The predicted octanol–water partition coefficient (Wildman–Crippen LogP) is 1.56. The van der Waals surface area contributed by atoms with E-state index < -0.39 is 0 Å². The maximum Gasteiger partial charge on any atom is 0.223 e. The number of carbonyl (C=O) groups is 1. The number of alkyl halides is 1. The van der Waals surface area contributed by atoms with E-state index in [1.165, 1.54) is 6.42 Å². The lowest BCUT2D eigenvalue weighted by Crippen LogP contribution is -2.32. The summed E-state index contributed by atoms with van der Waals surface area (Å²) in [6, 6.07) is 0. The average molecular weight is 276 g/mol. The van der Waals surface area contributed by atoms with Gasteiger partial charge in [0.15, 0.2) is 0 Å². The van der Waals surface area contributed by atoms with Gasteiger partial charge in [-0.25, -0.2) is 0 Å². The van der Waals surface area contributed by atoms with Crippen molar-refractivity contribution in [3.8, 4) is 0 Å². The normalized spacial score (nSPS) is 32.5. The Bertz CT molecular complexity index is 225. The number of rotatable bonds is 6. The first-order valence-corrected chi connectivity index (χ1v) is 6.85. The highest BCUT2D eigenvalue weighted by Gasteiger charge is 2.47. The number of hydrogen-bond acceptors (Lipinski definition) is 2. The van der Waals surface area contributed by atoms with Crippen LogP contribution in [0.2, 0.25) is 0 Å². The summed E-state index contributed by atoms with van der Waals surface area (Å²) in [4.78, 5) is 11.7. The Morgan fingerprint density at radius 1 is 1.27 bits per heavy atom. The van der Waals surface area contributed by atoms with Gasteiger partial charge < -0.3 is 10.1 Å². The summed E-state index contributed by atoms with van der Waals surface area (Å²) in [5, 5.41) is 3.80. The second-order valence-electron chi connectivity index (χ2n) is 4.52. The molecule has 0 heterocycles. The van der Waals surface area contributed by atoms with Crippen LogP contribution in [0.4, 0.5) is 0 Å². The zero-order chi connectivity index (χ0) is 10.7. The third-order valence-electron chi connectivity index (χ3n) is 3.38. The fraction of sp³-hybridized carbons (Fsp3) is 0.909. The van der Waals surface area contributed by atoms with Crippen molar-refractivity contribution < 1.29 is 9.53 Å². The SMILES string of the molecule is O=C(NCCOCCBr)C1CC2CC2C1. The van der Waals surface area contributed by atoms with Crippen LogP contribution in [-0.2, 0) is 9.53 Å². The zero-order valence-corrected chi connectivity index (χ0v) is 10.5. The van der Waals surface area contributed by atoms with Crippen LogP contribution >= 0.6 is 15.9 Å². The van der Waals surface area contributed by atoms with Crippen molar-refractivity contribution in [2.24, 2.45) is 17.8 Å². The van der Waals surface area contributed by atoms with Crippen LogP contribution in [0.1, 0.15) is 19.3 Å². The second-order valence-corrected chi connectivity index (χ2v) is 5.31. The Balaban J connectivity index is 1.53. The molecule has 2 rings (SSSR count). The molecule has 2 saturated carbocycles. The van der Waals surface area contributed by atoms with Gasteiger partial charge in [-0.1, -0.05) is 15.9 Å². The van der Waals surface area contributed by atoms with Crippen LogP contribution < -0.4 is 5.32 Å².